The standard InChI is InChI=1S/C14H22N4O2S/c1-10(2)7-12-16-17-13(21-12)18-5-3-14(4-6-18)9-15-11(19)8-20-14/h10H,3-9H2,1-2H3,(H,15,19). The van der Waals surface area contributed by atoms with Crippen LogP contribution < -0.4 is 10.2 Å². The molecule has 7 heteroatoms. The highest BCUT2D eigenvalue weighted by atomic mass is 32.1. The second-order valence-corrected chi connectivity index (χ2v) is 7.35. The van der Waals surface area contributed by atoms with Crippen LogP contribution in [0.5, 0.6) is 0 Å². The molecule has 1 N–H and O–H groups in total. The molecule has 0 bridgehead atoms. The van der Waals surface area contributed by atoms with E-state index in [0.717, 1.165) is 42.5 Å². The zero-order valence-corrected chi connectivity index (χ0v) is 13.4. The Morgan fingerprint density at radius 1 is 1.38 bits per heavy atom. The van der Waals surface area contributed by atoms with Crippen LogP contribution >= 0.6 is 11.3 Å². The summed E-state index contributed by atoms with van der Waals surface area (Å²) in [5.74, 6) is 0.597. The van der Waals surface area contributed by atoms with Gasteiger partial charge in [-0.05, 0) is 18.8 Å². The van der Waals surface area contributed by atoms with Crippen molar-refractivity contribution >= 4 is 22.4 Å². The summed E-state index contributed by atoms with van der Waals surface area (Å²) < 4.78 is 5.79. The first kappa shape index (κ1) is 14.7. The molecule has 1 amide bonds. The summed E-state index contributed by atoms with van der Waals surface area (Å²) in [5.41, 5.74) is -0.171. The van der Waals surface area contributed by atoms with Gasteiger partial charge in [0, 0.05) is 26.1 Å². The molecule has 2 saturated heterocycles. The molecule has 21 heavy (non-hydrogen) atoms. The Morgan fingerprint density at radius 3 is 2.76 bits per heavy atom. The highest BCUT2D eigenvalue weighted by molar-refractivity contribution is 7.15. The second-order valence-electron chi connectivity index (χ2n) is 6.31. The number of anilines is 1. The first-order chi connectivity index (χ1) is 10.1. The number of nitrogens with zero attached hydrogens (tertiary/aromatic N) is 3. The predicted molar refractivity (Wildman–Crippen MR) is 81.6 cm³/mol. The molecule has 0 radical (unpaired) electrons. The maximum Gasteiger partial charge on any atom is 0.246 e. The van der Waals surface area contributed by atoms with E-state index in [2.05, 4.69) is 34.3 Å². The number of piperidine rings is 1. The van der Waals surface area contributed by atoms with Gasteiger partial charge in [0.1, 0.15) is 11.6 Å². The summed E-state index contributed by atoms with van der Waals surface area (Å²) in [4.78, 5) is 13.5. The number of carbonyl (C=O) groups excluding carboxylic acids is 1. The lowest BCUT2D eigenvalue weighted by Gasteiger charge is -2.43. The van der Waals surface area contributed by atoms with E-state index in [4.69, 9.17) is 4.74 Å². The second kappa shape index (κ2) is 5.88. The van der Waals surface area contributed by atoms with Gasteiger partial charge in [-0.15, -0.1) is 10.2 Å². The lowest BCUT2D eigenvalue weighted by atomic mass is 9.90. The molecule has 0 atom stereocenters. The number of morpholine rings is 1. The van der Waals surface area contributed by atoms with Gasteiger partial charge in [0.15, 0.2) is 0 Å². The minimum Gasteiger partial charge on any atom is -0.363 e. The highest BCUT2D eigenvalue weighted by Gasteiger charge is 2.39. The molecule has 0 aromatic carbocycles. The Hall–Kier alpha value is -1.21. The number of rotatable bonds is 3. The maximum absolute atomic E-state index is 11.2. The Morgan fingerprint density at radius 2 is 2.14 bits per heavy atom. The number of hydrogen-bond donors (Lipinski definition) is 1. The Bertz CT molecular complexity index is 497. The van der Waals surface area contributed by atoms with E-state index >= 15 is 0 Å². The molecule has 1 spiro atoms. The molecule has 1 aromatic rings. The molecular formula is C14H22N4O2S. The van der Waals surface area contributed by atoms with Crippen LogP contribution in [0, 0.1) is 5.92 Å². The molecule has 2 fully saturated rings. The number of nitrogens with one attached hydrogen (secondary N) is 1. The monoisotopic (exact) mass is 310 g/mol. The molecule has 0 unspecified atom stereocenters. The van der Waals surface area contributed by atoms with Crippen molar-refractivity contribution in [1.29, 1.82) is 0 Å². The Kier molecular flexibility index (Phi) is 4.12. The van der Waals surface area contributed by atoms with E-state index in [1.54, 1.807) is 11.3 Å². The van der Waals surface area contributed by atoms with Crippen molar-refractivity contribution in [2.24, 2.45) is 5.92 Å². The lowest BCUT2D eigenvalue weighted by molar-refractivity contribution is -0.146. The number of carbonyl (C=O) groups is 1. The Balaban J connectivity index is 1.58. The molecule has 3 rings (SSSR count). The van der Waals surface area contributed by atoms with Gasteiger partial charge >= 0.3 is 0 Å². The third-order valence-corrected chi connectivity index (χ3v) is 5.11. The van der Waals surface area contributed by atoms with Crippen molar-refractivity contribution in [2.45, 2.75) is 38.7 Å². The topological polar surface area (TPSA) is 67.4 Å². The van der Waals surface area contributed by atoms with E-state index < -0.39 is 0 Å². The minimum atomic E-state index is -0.171. The quantitative estimate of drug-likeness (QED) is 0.909. The van der Waals surface area contributed by atoms with Crippen LogP contribution in [-0.2, 0) is 16.0 Å². The molecular weight excluding hydrogens is 288 g/mol. The van der Waals surface area contributed by atoms with Gasteiger partial charge in [-0.3, -0.25) is 4.79 Å². The normalized spacial score (nSPS) is 21.9. The van der Waals surface area contributed by atoms with Crippen LogP contribution in [0.3, 0.4) is 0 Å². The lowest BCUT2D eigenvalue weighted by Crippen LogP contribution is -2.57. The molecule has 1 aromatic heterocycles. The summed E-state index contributed by atoms with van der Waals surface area (Å²) in [5, 5.41) is 13.6. The molecule has 0 aliphatic carbocycles. The van der Waals surface area contributed by atoms with Crippen molar-refractivity contribution in [3.8, 4) is 0 Å². The first-order valence-corrected chi connectivity index (χ1v) is 8.36. The summed E-state index contributed by atoms with van der Waals surface area (Å²) >= 11 is 1.70. The van der Waals surface area contributed by atoms with E-state index in [9.17, 15) is 4.79 Å². The maximum atomic E-state index is 11.2. The van der Waals surface area contributed by atoms with E-state index in [1.807, 2.05) is 0 Å². The zero-order chi connectivity index (χ0) is 14.9. The molecule has 0 saturated carbocycles. The Labute approximate surface area is 128 Å². The summed E-state index contributed by atoms with van der Waals surface area (Å²) in [6, 6.07) is 0. The molecule has 2 aliphatic heterocycles. The van der Waals surface area contributed by atoms with Gasteiger partial charge in [0.05, 0.1) is 5.60 Å². The van der Waals surface area contributed by atoms with Crippen LogP contribution in [0.2, 0.25) is 0 Å². The van der Waals surface area contributed by atoms with Crippen LogP contribution in [0.4, 0.5) is 5.13 Å². The summed E-state index contributed by atoms with van der Waals surface area (Å²) in [6.07, 6.45) is 2.84. The van der Waals surface area contributed by atoms with Crippen LogP contribution in [0.1, 0.15) is 31.7 Å². The molecule has 116 valence electrons. The minimum absolute atomic E-state index is 0.00879. The molecule has 3 heterocycles. The first-order valence-electron chi connectivity index (χ1n) is 7.54. The van der Waals surface area contributed by atoms with Crippen molar-refractivity contribution < 1.29 is 9.53 Å². The third kappa shape index (κ3) is 3.35. The third-order valence-electron chi connectivity index (χ3n) is 4.10. The molecule has 2 aliphatic rings. The molecule has 6 nitrogen and oxygen atoms in total. The summed E-state index contributed by atoms with van der Waals surface area (Å²) in [6.45, 7) is 7.03. The zero-order valence-electron chi connectivity index (χ0n) is 12.6. The van der Waals surface area contributed by atoms with E-state index in [1.165, 1.54) is 0 Å². The van der Waals surface area contributed by atoms with Crippen LogP contribution in [0.15, 0.2) is 0 Å². The average molecular weight is 310 g/mol. The predicted octanol–water partition coefficient (Wildman–Crippen LogP) is 1.22. The van der Waals surface area contributed by atoms with Gasteiger partial charge in [0.2, 0.25) is 11.0 Å². The van der Waals surface area contributed by atoms with Gasteiger partial charge < -0.3 is 15.0 Å². The van der Waals surface area contributed by atoms with Crippen LogP contribution in [-0.4, -0.2) is 47.9 Å². The van der Waals surface area contributed by atoms with E-state index in [-0.39, 0.29) is 18.1 Å². The van der Waals surface area contributed by atoms with Crippen molar-refractivity contribution in [3.63, 3.8) is 0 Å². The van der Waals surface area contributed by atoms with Gasteiger partial charge in [-0.2, -0.15) is 0 Å². The van der Waals surface area contributed by atoms with Crippen molar-refractivity contribution in [2.75, 3.05) is 31.1 Å². The summed E-state index contributed by atoms with van der Waals surface area (Å²) in [7, 11) is 0. The van der Waals surface area contributed by atoms with Crippen molar-refractivity contribution in [3.05, 3.63) is 5.01 Å². The highest BCUT2D eigenvalue weighted by Crippen LogP contribution is 2.31. The number of ether oxygens (including phenoxy) is 1. The van der Waals surface area contributed by atoms with Gasteiger partial charge in [-0.1, -0.05) is 25.2 Å². The average Bonchev–Trinajstić information content (AvgIpc) is 2.91. The van der Waals surface area contributed by atoms with Crippen LogP contribution in [0.25, 0.3) is 0 Å². The van der Waals surface area contributed by atoms with Gasteiger partial charge in [0.25, 0.3) is 0 Å². The fraction of sp³-hybridized carbons (Fsp3) is 0.786. The van der Waals surface area contributed by atoms with E-state index in [0.29, 0.717) is 12.5 Å². The smallest absolute Gasteiger partial charge is 0.246 e. The number of amides is 1. The number of aromatic nitrogens is 2. The largest absolute Gasteiger partial charge is 0.363 e. The SMILES string of the molecule is CC(C)Cc1nnc(N2CCC3(CC2)CNC(=O)CO3)s1. The van der Waals surface area contributed by atoms with Crippen molar-refractivity contribution in [1.82, 2.24) is 15.5 Å². The van der Waals surface area contributed by atoms with Gasteiger partial charge in [-0.25, -0.2) is 0 Å². The fourth-order valence-corrected chi connectivity index (χ4v) is 3.91. The number of hydrogen-bond acceptors (Lipinski definition) is 6. The fourth-order valence-electron chi connectivity index (χ4n) is 2.81.